The number of benzene rings is 1. The Balaban J connectivity index is 0.000000278. The van der Waals surface area contributed by atoms with Crippen LogP contribution >= 0.6 is 0 Å². The zero-order chi connectivity index (χ0) is 18.4. The summed E-state index contributed by atoms with van der Waals surface area (Å²) in [6, 6.07) is 13.9. The summed E-state index contributed by atoms with van der Waals surface area (Å²) in [6.07, 6.45) is 5.21. The summed E-state index contributed by atoms with van der Waals surface area (Å²) in [5.41, 5.74) is 2.67. The van der Waals surface area contributed by atoms with Crippen molar-refractivity contribution in [3.8, 4) is 11.4 Å². The van der Waals surface area contributed by atoms with Gasteiger partial charge in [-0.1, -0.05) is 55.4 Å². The van der Waals surface area contributed by atoms with Gasteiger partial charge in [-0.3, -0.25) is 4.79 Å². The molecule has 1 N–H and O–H groups in total. The topological polar surface area (TPSA) is 71.8 Å². The van der Waals surface area contributed by atoms with Crippen LogP contribution in [0.1, 0.15) is 56.2 Å². The van der Waals surface area contributed by atoms with E-state index in [1.807, 2.05) is 49.4 Å². The monoisotopic (exact) mass is 351 g/mol. The van der Waals surface area contributed by atoms with E-state index in [0.717, 1.165) is 31.4 Å². The number of fused-ring (bicyclic) bond motifs is 1. The third kappa shape index (κ3) is 4.28. The number of aromatic amines is 1. The molecule has 2 aromatic heterocycles. The molecule has 4 rings (SSSR count). The SMILES string of the molecule is CCC(C)c1nc(-c2cc3c([nH]c2=O)CCCC3)no1.c1ccccc1. The molecule has 26 heavy (non-hydrogen) atoms. The fourth-order valence-corrected chi connectivity index (χ4v) is 2.95. The molecule has 3 aromatic rings. The lowest BCUT2D eigenvalue weighted by molar-refractivity contribution is 0.357. The molecule has 1 atom stereocenters. The number of nitrogens with one attached hydrogen (secondary N) is 1. The fraction of sp³-hybridized carbons (Fsp3) is 0.381. The van der Waals surface area contributed by atoms with Crippen LogP contribution in [0, 0.1) is 0 Å². The van der Waals surface area contributed by atoms with Gasteiger partial charge in [0.1, 0.15) is 0 Å². The quantitative estimate of drug-likeness (QED) is 0.754. The number of aryl methyl sites for hydroxylation is 2. The third-order valence-corrected chi connectivity index (χ3v) is 4.72. The molecule has 5 nitrogen and oxygen atoms in total. The second-order valence-electron chi connectivity index (χ2n) is 6.64. The number of aromatic nitrogens is 3. The fourth-order valence-electron chi connectivity index (χ4n) is 2.95. The standard InChI is InChI=1S/C15H19N3O2.C6H6/c1-3-9(2)15-17-13(18-20-15)11-8-10-6-4-5-7-12(10)16-14(11)19;1-2-4-6-5-3-1/h8-9H,3-7H2,1-2H3,(H,16,19);1-6H. The summed E-state index contributed by atoms with van der Waals surface area (Å²) < 4.78 is 5.26. The molecule has 1 aliphatic carbocycles. The summed E-state index contributed by atoms with van der Waals surface area (Å²) in [6.45, 7) is 4.11. The second kappa shape index (κ2) is 8.61. The largest absolute Gasteiger partial charge is 0.339 e. The maximum Gasteiger partial charge on any atom is 0.259 e. The molecule has 1 aliphatic rings. The number of pyridine rings is 1. The van der Waals surface area contributed by atoms with Gasteiger partial charge < -0.3 is 9.51 Å². The lowest BCUT2D eigenvalue weighted by Crippen LogP contribution is -2.17. The van der Waals surface area contributed by atoms with Gasteiger partial charge >= 0.3 is 0 Å². The number of hydrogen-bond donors (Lipinski definition) is 1. The smallest absolute Gasteiger partial charge is 0.259 e. The van der Waals surface area contributed by atoms with Gasteiger partial charge in [0.25, 0.3) is 5.56 Å². The number of rotatable bonds is 3. The molecule has 0 amide bonds. The first-order valence-corrected chi connectivity index (χ1v) is 9.28. The molecular formula is C21H25N3O2. The van der Waals surface area contributed by atoms with E-state index < -0.39 is 0 Å². The first kappa shape index (κ1) is 18.1. The Labute approximate surface area is 153 Å². The zero-order valence-corrected chi connectivity index (χ0v) is 15.4. The highest BCUT2D eigenvalue weighted by atomic mass is 16.5. The van der Waals surface area contributed by atoms with Crippen LogP contribution in [0.5, 0.6) is 0 Å². The average molecular weight is 351 g/mol. The summed E-state index contributed by atoms with van der Waals surface area (Å²) >= 11 is 0. The Hall–Kier alpha value is -2.69. The normalized spacial score (nSPS) is 14.1. The lowest BCUT2D eigenvalue weighted by atomic mass is 9.95. The Bertz CT molecular complexity index is 857. The first-order chi connectivity index (χ1) is 12.7. The highest BCUT2D eigenvalue weighted by Gasteiger charge is 2.18. The molecule has 0 bridgehead atoms. The van der Waals surface area contributed by atoms with Crippen molar-refractivity contribution >= 4 is 0 Å². The van der Waals surface area contributed by atoms with E-state index in [4.69, 9.17) is 4.52 Å². The molecule has 0 aliphatic heterocycles. The van der Waals surface area contributed by atoms with Crippen LogP contribution in [-0.4, -0.2) is 15.1 Å². The van der Waals surface area contributed by atoms with Crippen LogP contribution in [0.15, 0.2) is 51.8 Å². The molecule has 1 unspecified atom stereocenters. The van der Waals surface area contributed by atoms with Crippen LogP contribution in [0.2, 0.25) is 0 Å². The highest BCUT2D eigenvalue weighted by Crippen LogP contribution is 2.23. The summed E-state index contributed by atoms with van der Waals surface area (Å²) in [7, 11) is 0. The van der Waals surface area contributed by atoms with Crippen molar-refractivity contribution in [2.75, 3.05) is 0 Å². The van der Waals surface area contributed by atoms with Gasteiger partial charge in [-0.2, -0.15) is 4.98 Å². The van der Waals surface area contributed by atoms with Crippen LogP contribution in [0.3, 0.4) is 0 Å². The molecule has 0 saturated carbocycles. The van der Waals surface area contributed by atoms with Crippen LogP contribution in [-0.2, 0) is 12.8 Å². The Kier molecular flexibility index (Phi) is 6.00. The molecule has 0 fully saturated rings. The predicted octanol–water partition coefficient (Wildman–Crippen LogP) is 4.50. The lowest BCUT2D eigenvalue weighted by Gasteiger charge is -2.15. The molecule has 1 aromatic carbocycles. The molecule has 0 spiro atoms. The Morgan fingerprint density at radius 3 is 2.42 bits per heavy atom. The van der Waals surface area contributed by atoms with Crippen molar-refractivity contribution in [3.63, 3.8) is 0 Å². The van der Waals surface area contributed by atoms with Gasteiger partial charge in [-0.25, -0.2) is 0 Å². The van der Waals surface area contributed by atoms with Crippen LogP contribution < -0.4 is 5.56 Å². The maximum absolute atomic E-state index is 12.2. The van der Waals surface area contributed by atoms with E-state index in [1.54, 1.807) is 0 Å². The van der Waals surface area contributed by atoms with Crippen molar-refractivity contribution in [3.05, 3.63) is 70.0 Å². The Morgan fingerprint density at radius 2 is 1.77 bits per heavy atom. The van der Waals surface area contributed by atoms with Crippen molar-refractivity contribution in [1.82, 2.24) is 15.1 Å². The maximum atomic E-state index is 12.2. The van der Waals surface area contributed by atoms with E-state index in [0.29, 0.717) is 17.3 Å². The first-order valence-electron chi connectivity index (χ1n) is 9.28. The predicted molar refractivity (Wildman–Crippen MR) is 102 cm³/mol. The van der Waals surface area contributed by atoms with Crippen molar-refractivity contribution in [2.45, 2.75) is 51.9 Å². The van der Waals surface area contributed by atoms with Crippen LogP contribution in [0.25, 0.3) is 11.4 Å². The highest BCUT2D eigenvalue weighted by molar-refractivity contribution is 5.54. The van der Waals surface area contributed by atoms with Crippen molar-refractivity contribution in [1.29, 1.82) is 0 Å². The van der Waals surface area contributed by atoms with Crippen molar-refractivity contribution < 1.29 is 4.52 Å². The van der Waals surface area contributed by atoms with Gasteiger partial charge in [-0.15, -0.1) is 0 Å². The molecular weight excluding hydrogens is 326 g/mol. The summed E-state index contributed by atoms with van der Waals surface area (Å²) in [5.74, 6) is 1.21. The summed E-state index contributed by atoms with van der Waals surface area (Å²) in [4.78, 5) is 19.5. The van der Waals surface area contributed by atoms with Gasteiger partial charge in [0.2, 0.25) is 11.7 Å². The van der Waals surface area contributed by atoms with Gasteiger partial charge in [0.15, 0.2) is 0 Å². The van der Waals surface area contributed by atoms with E-state index in [1.165, 1.54) is 12.0 Å². The van der Waals surface area contributed by atoms with Gasteiger partial charge in [0.05, 0.1) is 5.56 Å². The van der Waals surface area contributed by atoms with E-state index in [9.17, 15) is 4.79 Å². The number of H-pyrrole nitrogens is 1. The number of nitrogens with zero attached hydrogens (tertiary/aromatic N) is 2. The minimum Gasteiger partial charge on any atom is -0.339 e. The molecule has 136 valence electrons. The minimum atomic E-state index is -0.123. The van der Waals surface area contributed by atoms with E-state index >= 15 is 0 Å². The molecule has 0 saturated heterocycles. The van der Waals surface area contributed by atoms with Gasteiger partial charge in [0, 0.05) is 11.6 Å². The number of hydrogen-bond acceptors (Lipinski definition) is 4. The second-order valence-corrected chi connectivity index (χ2v) is 6.64. The van der Waals surface area contributed by atoms with Crippen LogP contribution in [0.4, 0.5) is 0 Å². The molecule has 0 radical (unpaired) electrons. The van der Waals surface area contributed by atoms with E-state index in [-0.39, 0.29) is 11.5 Å². The minimum absolute atomic E-state index is 0.123. The average Bonchev–Trinajstić information content (AvgIpc) is 3.18. The van der Waals surface area contributed by atoms with Crippen molar-refractivity contribution in [2.24, 2.45) is 0 Å². The Morgan fingerprint density at radius 1 is 1.12 bits per heavy atom. The van der Waals surface area contributed by atoms with E-state index in [2.05, 4.69) is 22.0 Å². The summed E-state index contributed by atoms with van der Waals surface area (Å²) in [5, 5.41) is 3.96. The molecule has 5 heteroatoms. The van der Waals surface area contributed by atoms with Gasteiger partial charge in [-0.05, 0) is 43.7 Å². The molecule has 2 heterocycles. The third-order valence-electron chi connectivity index (χ3n) is 4.72. The zero-order valence-electron chi connectivity index (χ0n) is 15.4.